The molecule has 1 aromatic rings. The van der Waals surface area contributed by atoms with Crippen LogP contribution in [0.15, 0.2) is 51.7 Å². The first-order valence-electron chi connectivity index (χ1n) is 8.51. The van der Waals surface area contributed by atoms with E-state index in [0.717, 1.165) is 5.56 Å². The average Bonchev–Trinajstić information content (AvgIpc) is 2.70. The summed E-state index contributed by atoms with van der Waals surface area (Å²) in [6.07, 6.45) is 0. The fourth-order valence-corrected chi connectivity index (χ4v) is 2.31. The molecule has 0 bridgehead atoms. The van der Waals surface area contributed by atoms with Crippen LogP contribution in [-0.2, 0) is 16.1 Å². The maximum Gasteiger partial charge on any atom is 0.262 e. The number of fused-ring (bicyclic) bond motifs is 1. The van der Waals surface area contributed by atoms with Crippen LogP contribution < -0.4 is 26.2 Å². The molecule has 0 spiro atoms. The van der Waals surface area contributed by atoms with Crippen molar-refractivity contribution in [3.63, 3.8) is 0 Å². The fourth-order valence-electron chi connectivity index (χ4n) is 2.31. The van der Waals surface area contributed by atoms with Crippen LogP contribution in [0.2, 0.25) is 0 Å². The second-order valence-electron chi connectivity index (χ2n) is 6.01. The second-order valence-corrected chi connectivity index (χ2v) is 6.01. The largest absolute Gasteiger partial charge is 0.482 e. The Morgan fingerprint density at radius 1 is 1.32 bits per heavy atom. The van der Waals surface area contributed by atoms with Crippen LogP contribution in [0.1, 0.15) is 19.4 Å². The predicted octanol–water partition coefficient (Wildman–Crippen LogP) is 1.26. The maximum absolute atomic E-state index is 12.5. The highest BCUT2D eigenvalue weighted by Crippen LogP contribution is 2.28. The van der Waals surface area contributed by atoms with Crippen LogP contribution in [0.5, 0.6) is 5.75 Å². The van der Waals surface area contributed by atoms with Crippen LogP contribution in [0, 0.1) is 0 Å². The summed E-state index contributed by atoms with van der Waals surface area (Å²) in [6, 6.07) is 5.32. The van der Waals surface area contributed by atoms with Gasteiger partial charge in [0.25, 0.3) is 11.8 Å². The summed E-state index contributed by atoms with van der Waals surface area (Å²) in [6.45, 7) is 11.0. The number of carbonyl (C=O) groups excluding carboxylic acids is 2. The number of aliphatic imine (C=N–C) groups is 2. The number of amides is 2. The zero-order valence-corrected chi connectivity index (χ0v) is 16.2. The van der Waals surface area contributed by atoms with Crippen LogP contribution in [0.25, 0.3) is 0 Å². The molecule has 0 saturated heterocycles. The molecule has 0 radical (unpaired) electrons. The third kappa shape index (κ3) is 5.19. The number of allylic oxidation sites excluding steroid dienone is 1. The molecule has 2 amide bonds. The van der Waals surface area contributed by atoms with Gasteiger partial charge in [0.15, 0.2) is 6.61 Å². The topological polar surface area (TPSA) is 116 Å². The van der Waals surface area contributed by atoms with E-state index in [2.05, 4.69) is 44.8 Å². The minimum atomic E-state index is -0.378. The Hall–Kier alpha value is -3.62. The highest BCUT2D eigenvalue weighted by molar-refractivity contribution is 5.97. The van der Waals surface area contributed by atoms with E-state index in [4.69, 9.17) is 4.74 Å². The number of anilines is 1. The van der Waals surface area contributed by atoms with Crippen molar-refractivity contribution in [3.8, 4) is 5.75 Å². The van der Waals surface area contributed by atoms with Crippen molar-refractivity contribution >= 4 is 30.1 Å². The van der Waals surface area contributed by atoms with E-state index in [1.165, 1.54) is 0 Å². The van der Waals surface area contributed by atoms with Gasteiger partial charge in [-0.3, -0.25) is 30.4 Å². The van der Waals surface area contributed by atoms with E-state index in [1.54, 1.807) is 33.0 Å². The van der Waals surface area contributed by atoms with Crippen LogP contribution in [0.3, 0.4) is 0 Å². The quantitative estimate of drug-likeness (QED) is 0.186. The predicted molar refractivity (Wildman–Crippen MR) is 109 cm³/mol. The molecule has 148 valence electrons. The molecule has 0 atom stereocenters. The Morgan fingerprint density at radius 2 is 2.07 bits per heavy atom. The number of rotatable bonds is 7. The summed E-state index contributed by atoms with van der Waals surface area (Å²) in [4.78, 5) is 31.8. The van der Waals surface area contributed by atoms with Crippen LogP contribution >= 0.6 is 0 Å². The third-order valence-corrected chi connectivity index (χ3v) is 4.01. The van der Waals surface area contributed by atoms with Gasteiger partial charge in [-0.1, -0.05) is 12.6 Å². The third-order valence-electron chi connectivity index (χ3n) is 4.01. The molecule has 0 unspecified atom stereocenters. The Morgan fingerprint density at radius 3 is 2.75 bits per heavy atom. The monoisotopic (exact) mass is 384 g/mol. The molecule has 0 aliphatic carbocycles. The van der Waals surface area contributed by atoms with Gasteiger partial charge >= 0.3 is 0 Å². The minimum Gasteiger partial charge on any atom is -0.482 e. The first-order valence-corrected chi connectivity index (χ1v) is 8.51. The molecule has 4 N–H and O–H groups in total. The highest BCUT2D eigenvalue weighted by atomic mass is 16.5. The van der Waals surface area contributed by atoms with Crippen molar-refractivity contribution in [2.75, 3.05) is 19.0 Å². The van der Waals surface area contributed by atoms with Gasteiger partial charge in [-0.25, -0.2) is 0 Å². The van der Waals surface area contributed by atoms with Gasteiger partial charge in [-0.2, -0.15) is 0 Å². The Labute approximate surface area is 163 Å². The number of carbonyl (C=O) groups is 2. The number of hydrogen-bond acceptors (Lipinski definition) is 6. The lowest BCUT2D eigenvalue weighted by atomic mass is 10.1. The van der Waals surface area contributed by atoms with Crippen molar-refractivity contribution in [3.05, 3.63) is 47.3 Å². The van der Waals surface area contributed by atoms with Crippen molar-refractivity contribution in [1.82, 2.24) is 16.2 Å². The van der Waals surface area contributed by atoms with E-state index in [1.807, 2.05) is 6.07 Å². The molecule has 0 aromatic heterocycles. The molecule has 0 fully saturated rings. The molecule has 2 rings (SSSR count). The molecule has 9 nitrogen and oxygen atoms in total. The molecule has 1 aliphatic rings. The Kier molecular flexibility index (Phi) is 6.91. The summed E-state index contributed by atoms with van der Waals surface area (Å²) >= 11 is 0. The van der Waals surface area contributed by atoms with Gasteiger partial charge in [0.05, 0.1) is 22.7 Å². The van der Waals surface area contributed by atoms with E-state index in [-0.39, 0.29) is 30.5 Å². The van der Waals surface area contributed by atoms with Gasteiger partial charge in [0.2, 0.25) is 0 Å². The Bertz CT molecular complexity index is 872. The molecule has 0 saturated carbocycles. The van der Waals surface area contributed by atoms with Gasteiger partial charge in [0.1, 0.15) is 11.6 Å². The average molecular weight is 384 g/mol. The summed E-state index contributed by atoms with van der Waals surface area (Å²) in [5.74, 6) is 0.631. The molecular formula is C19H24N6O3. The SMILES string of the molecule is C=N/C(C)=C(/NNC(C)=NC)C(=C)C(=O)NCc1ccc2c(c1)NC(=O)CO2. The van der Waals surface area contributed by atoms with Crippen LogP contribution in [0.4, 0.5) is 5.69 Å². The molecule has 1 heterocycles. The summed E-state index contributed by atoms with van der Waals surface area (Å²) in [5.41, 5.74) is 8.22. The second kappa shape index (κ2) is 9.36. The zero-order chi connectivity index (χ0) is 20.7. The first kappa shape index (κ1) is 20.7. The number of ether oxygens (including phenoxy) is 1. The van der Waals surface area contributed by atoms with Crippen molar-refractivity contribution < 1.29 is 14.3 Å². The van der Waals surface area contributed by atoms with E-state index in [0.29, 0.717) is 28.7 Å². The number of nitrogens with one attached hydrogen (secondary N) is 4. The van der Waals surface area contributed by atoms with Gasteiger partial charge in [-0.15, -0.1) is 0 Å². The number of nitrogens with zero attached hydrogens (tertiary/aromatic N) is 2. The lowest BCUT2D eigenvalue weighted by Gasteiger charge is -2.19. The molecule has 9 heteroatoms. The number of hydrogen-bond donors (Lipinski definition) is 4. The number of hydrazine groups is 1. The first-order chi connectivity index (χ1) is 13.3. The smallest absolute Gasteiger partial charge is 0.262 e. The van der Waals surface area contributed by atoms with Gasteiger partial charge in [0, 0.05) is 13.6 Å². The minimum absolute atomic E-state index is 0.00203. The number of amidine groups is 1. The summed E-state index contributed by atoms with van der Waals surface area (Å²) < 4.78 is 5.32. The normalized spacial score (nSPS) is 14.0. The van der Waals surface area contributed by atoms with E-state index >= 15 is 0 Å². The molecular weight excluding hydrogens is 360 g/mol. The number of benzene rings is 1. The summed E-state index contributed by atoms with van der Waals surface area (Å²) in [7, 11) is 1.64. The lowest BCUT2D eigenvalue weighted by molar-refractivity contribution is -0.119. The van der Waals surface area contributed by atoms with Crippen LogP contribution in [-0.4, -0.2) is 38.0 Å². The molecule has 28 heavy (non-hydrogen) atoms. The van der Waals surface area contributed by atoms with E-state index in [9.17, 15) is 9.59 Å². The van der Waals surface area contributed by atoms with Crippen molar-refractivity contribution in [2.45, 2.75) is 20.4 Å². The summed E-state index contributed by atoms with van der Waals surface area (Å²) in [5, 5.41) is 5.53. The van der Waals surface area contributed by atoms with E-state index < -0.39 is 0 Å². The standard InChI is InChI=1S/C19H24N6O3/c1-11(18(12(2)20-4)25-24-13(3)21-5)19(27)22-9-14-6-7-16-15(8-14)23-17(26)10-28-16/h6-8,25H,1,4,9-10H2,2-3,5H3,(H,21,24)(H,22,27)(H,23,26)/b18-12+. The van der Waals surface area contributed by atoms with Gasteiger partial charge in [-0.05, 0) is 38.3 Å². The zero-order valence-electron chi connectivity index (χ0n) is 16.2. The fraction of sp³-hybridized carbons (Fsp3) is 0.263. The molecule has 1 aromatic carbocycles. The van der Waals surface area contributed by atoms with Crippen molar-refractivity contribution in [1.29, 1.82) is 0 Å². The highest BCUT2D eigenvalue weighted by Gasteiger charge is 2.17. The van der Waals surface area contributed by atoms with Gasteiger partial charge < -0.3 is 15.4 Å². The maximum atomic E-state index is 12.5. The Balaban J connectivity index is 2.04. The lowest BCUT2D eigenvalue weighted by Crippen LogP contribution is -2.38. The van der Waals surface area contributed by atoms with Crippen molar-refractivity contribution in [2.24, 2.45) is 9.98 Å². The molecule has 1 aliphatic heterocycles.